The van der Waals surface area contributed by atoms with E-state index >= 15 is 0 Å². The Kier molecular flexibility index (Phi) is 4.00. The van der Waals surface area contributed by atoms with Crippen LogP contribution in [0.1, 0.15) is 23.1 Å². The van der Waals surface area contributed by atoms with E-state index in [-0.39, 0.29) is 0 Å². The van der Waals surface area contributed by atoms with Crippen molar-refractivity contribution in [3.63, 3.8) is 0 Å². The fourth-order valence-corrected chi connectivity index (χ4v) is 3.19. The summed E-state index contributed by atoms with van der Waals surface area (Å²) in [5.74, 6) is 0. The number of benzene rings is 2. The van der Waals surface area contributed by atoms with Gasteiger partial charge in [-0.25, -0.2) is 0 Å². The van der Waals surface area contributed by atoms with Gasteiger partial charge in [0.15, 0.2) is 0 Å². The molecule has 0 saturated heterocycles. The quantitative estimate of drug-likeness (QED) is 0.899. The molecule has 0 heterocycles. The highest BCUT2D eigenvalue weighted by Crippen LogP contribution is 2.22. The third-order valence-corrected chi connectivity index (χ3v) is 4.66. The van der Waals surface area contributed by atoms with Crippen LogP contribution in [0.2, 0.25) is 0 Å². The van der Waals surface area contributed by atoms with E-state index < -0.39 is 0 Å². The molecule has 0 radical (unpaired) electrons. The minimum atomic E-state index is 0.599. The number of nitrogens with one attached hydrogen (secondary N) is 1. The molecule has 1 unspecified atom stereocenters. The Labute approximate surface area is 123 Å². The molecule has 1 nitrogen and oxygen atoms in total. The maximum absolute atomic E-state index is 3.69. The number of rotatable bonds is 3. The van der Waals surface area contributed by atoms with E-state index in [0.29, 0.717) is 6.04 Å². The Balaban J connectivity index is 1.62. The van der Waals surface area contributed by atoms with Crippen LogP contribution in [0.3, 0.4) is 0 Å². The monoisotopic (exact) mass is 315 g/mol. The maximum Gasteiger partial charge on any atom is 0.0220 e. The minimum absolute atomic E-state index is 0.599. The van der Waals surface area contributed by atoms with Crippen molar-refractivity contribution in [2.75, 3.05) is 0 Å². The van der Waals surface area contributed by atoms with E-state index in [1.54, 1.807) is 0 Å². The topological polar surface area (TPSA) is 12.0 Å². The third kappa shape index (κ3) is 3.07. The van der Waals surface area contributed by atoms with Gasteiger partial charge >= 0.3 is 0 Å². The number of hydrogen-bond donors (Lipinski definition) is 1. The molecule has 3 rings (SSSR count). The highest BCUT2D eigenvalue weighted by molar-refractivity contribution is 9.10. The van der Waals surface area contributed by atoms with Gasteiger partial charge in [0.1, 0.15) is 0 Å². The summed E-state index contributed by atoms with van der Waals surface area (Å²) in [4.78, 5) is 0. The fourth-order valence-electron chi connectivity index (χ4n) is 2.77. The van der Waals surface area contributed by atoms with Gasteiger partial charge in [-0.1, -0.05) is 58.4 Å². The fraction of sp³-hybridized carbons (Fsp3) is 0.294. The van der Waals surface area contributed by atoms with Gasteiger partial charge in [0.25, 0.3) is 0 Å². The Morgan fingerprint density at radius 1 is 1.00 bits per heavy atom. The van der Waals surface area contributed by atoms with Crippen molar-refractivity contribution < 1.29 is 0 Å². The Morgan fingerprint density at radius 2 is 1.74 bits per heavy atom. The summed E-state index contributed by atoms with van der Waals surface area (Å²) in [7, 11) is 0. The highest BCUT2D eigenvalue weighted by Gasteiger charge is 2.17. The zero-order valence-electron chi connectivity index (χ0n) is 10.9. The van der Waals surface area contributed by atoms with Gasteiger partial charge in [0.2, 0.25) is 0 Å². The van der Waals surface area contributed by atoms with Crippen molar-refractivity contribution in [3.8, 4) is 0 Å². The number of aryl methyl sites for hydroxylation is 1. The van der Waals surface area contributed by atoms with Crippen LogP contribution >= 0.6 is 15.9 Å². The number of halogens is 1. The first-order valence-corrected chi connectivity index (χ1v) is 7.66. The molecule has 0 fully saturated rings. The van der Waals surface area contributed by atoms with E-state index in [9.17, 15) is 0 Å². The van der Waals surface area contributed by atoms with Crippen LogP contribution in [0.5, 0.6) is 0 Å². The molecule has 1 N–H and O–H groups in total. The summed E-state index contributed by atoms with van der Waals surface area (Å²) < 4.78 is 1.19. The van der Waals surface area contributed by atoms with Crippen molar-refractivity contribution in [2.24, 2.45) is 0 Å². The first-order chi connectivity index (χ1) is 9.33. The molecule has 2 heteroatoms. The molecule has 0 aromatic heterocycles. The zero-order chi connectivity index (χ0) is 13.1. The largest absolute Gasteiger partial charge is 0.310 e. The first kappa shape index (κ1) is 12.9. The molecule has 1 atom stereocenters. The van der Waals surface area contributed by atoms with Crippen molar-refractivity contribution in [3.05, 3.63) is 69.7 Å². The minimum Gasteiger partial charge on any atom is -0.310 e. The second-order valence-corrected chi connectivity index (χ2v) is 6.04. The van der Waals surface area contributed by atoms with E-state index in [4.69, 9.17) is 0 Å². The molecule has 0 amide bonds. The van der Waals surface area contributed by atoms with E-state index in [0.717, 1.165) is 13.0 Å². The van der Waals surface area contributed by atoms with Crippen molar-refractivity contribution in [2.45, 2.75) is 31.8 Å². The second-order valence-electron chi connectivity index (χ2n) is 5.18. The summed E-state index contributed by atoms with van der Waals surface area (Å²) in [6, 6.07) is 17.9. The molecule has 1 aliphatic carbocycles. The number of fused-ring (bicyclic) bond motifs is 1. The Hall–Kier alpha value is -1.12. The summed E-state index contributed by atoms with van der Waals surface area (Å²) in [6.45, 7) is 0.939. The second kappa shape index (κ2) is 5.89. The van der Waals surface area contributed by atoms with Crippen LogP contribution in [0.15, 0.2) is 53.0 Å². The van der Waals surface area contributed by atoms with Gasteiger partial charge < -0.3 is 5.32 Å². The SMILES string of the molecule is Brc1ccccc1CNC1CCc2ccccc2C1. The molecule has 0 bridgehead atoms. The smallest absolute Gasteiger partial charge is 0.0220 e. The molecule has 98 valence electrons. The predicted octanol–water partition coefficient (Wildman–Crippen LogP) is 4.10. The molecule has 0 aliphatic heterocycles. The molecule has 2 aromatic carbocycles. The van der Waals surface area contributed by atoms with Crippen LogP contribution in [0.25, 0.3) is 0 Å². The average molecular weight is 316 g/mol. The van der Waals surface area contributed by atoms with Gasteiger partial charge in [-0.2, -0.15) is 0 Å². The maximum atomic E-state index is 3.69. The lowest BCUT2D eigenvalue weighted by Crippen LogP contribution is -2.34. The van der Waals surface area contributed by atoms with Gasteiger partial charge in [-0.15, -0.1) is 0 Å². The lowest BCUT2D eigenvalue weighted by molar-refractivity contribution is 0.457. The first-order valence-electron chi connectivity index (χ1n) is 6.86. The van der Waals surface area contributed by atoms with E-state index in [1.807, 2.05) is 0 Å². The Morgan fingerprint density at radius 3 is 2.58 bits per heavy atom. The molecule has 1 aliphatic rings. The summed E-state index contributed by atoms with van der Waals surface area (Å²) >= 11 is 3.61. The normalized spacial score (nSPS) is 18.1. The predicted molar refractivity (Wildman–Crippen MR) is 83.2 cm³/mol. The average Bonchev–Trinajstić information content (AvgIpc) is 2.46. The summed E-state index contributed by atoms with van der Waals surface area (Å²) in [5, 5.41) is 3.69. The summed E-state index contributed by atoms with van der Waals surface area (Å²) in [5.41, 5.74) is 4.38. The van der Waals surface area contributed by atoms with Crippen LogP contribution in [0, 0.1) is 0 Å². The van der Waals surface area contributed by atoms with Gasteiger partial charge in [0.05, 0.1) is 0 Å². The van der Waals surface area contributed by atoms with Gasteiger partial charge in [-0.05, 0) is 42.0 Å². The van der Waals surface area contributed by atoms with Crippen LogP contribution in [0.4, 0.5) is 0 Å². The van der Waals surface area contributed by atoms with Crippen LogP contribution < -0.4 is 5.32 Å². The highest BCUT2D eigenvalue weighted by atomic mass is 79.9. The van der Waals surface area contributed by atoms with Crippen molar-refractivity contribution >= 4 is 15.9 Å². The van der Waals surface area contributed by atoms with E-state index in [1.165, 1.54) is 34.0 Å². The molecular formula is C17H18BrN. The molecular weight excluding hydrogens is 298 g/mol. The van der Waals surface area contributed by atoms with Gasteiger partial charge in [-0.3, -0.25) is 0 Å². The lowest BCUT2D eigenvalue weighted by Gasteiger charge is -2.25. The van der Waals surface area contributed by atoms with Crippen LogP contribution in [-0.4, -0.2) is 6.04 Å². The van der Waals surface area contributed by atoms with Crippen molar-refractivity contribution in [1.82, 2.24) is 5.32 Å². The van der Waals surface area contributed by atoms with Crippen LogP contribution in [-0.2, 0) is 19.4 Å². The summed E-state index contributed by atoms with van der Waals surface area (Å²) in [6.07, 6.45) is 3.59. The van der Waals surface area contributed by atoms with E-state index in [2.05, 4.69) is 69.8 Å². The lowest BCUT2D eigenvalue weighted by atomic mass is 9.88. The van der Waals surface area contributed by atoms with Crippen molar-refractivity contribution in [1.29, 1.82) is 0 Å². The standard InChI is InChI=1S/C17H18BrN/c18-17-8-4-3-7-15(17)12-19-16-10-9-13-5-1-2-6-14(13)11-16/h1-8,16,19H,9-12H2. The molecule has 19 heavy (non-hydrogen) atoms. The molecule has 0 saturated carbocycles. The third-order valence-electron chi connectivity index (χ3n) is 3.89. The zero-order valence-corrected chi connectivity index (χ0v) is 12.5. The number of hydrogen-bond acceptors (Lipinski definition) is 1. The Bertz CT molecular complexity index is 565. The molecule has 0 spiro atoms. The molecule has 2 aromatic rings. The van der Waals surface area contributed by atoms with Gasteiger partial charge in [0, 0.05) is 17.1 Å².